The van der Waals surface area contributed by atoms with Crippen molar-refractivity contribution in [3.8, 4) is 0 Å². The molecule has 0 aromatic rings. The first kappa shape index (κ1) is 105. The lowest BCUT2D eigenvalue weighted by molar-refractivity contribution is -0.271. The summed E-state index contributed by atoms with van der Waals surface area (Å²) in [5, 5.41) is 0. The molecule has 0 aliphatic heterocycles. The van der Waals surface area contributed by atoms with Gasteiger partial charge in [0.1, 0.15) is 0 Å². The molecular formula is C105H212. The van der Waals surface area contributed by atoms with Crippen LogP contribution in [0.4, 0.5) is 0 Å². The van der Waals surface area contributed by atoms with Crippen LogP contribution < -0.4 is 0 Å². The molecule has 0 amide bonds. The molecule has 0 N–H and O–H groups in total. The molecule has 0 heterocycles. The molecule has 0 aliphatic rings. The summed E-state index contributed by atoms with van der Waals surface area (Å²) in [7, 11) is 0. The molecule has 0 aromatic heterocycles. The number of hydrogen-bond donors (Lipinski definition) is 0. The Kier molecular flexibility index (Phi) is 68.4. The quantitative estimate of drug-likeness (QED) is 0.0533. The Morgan fingerprint density at radius 3 is 0.962 bits per heavy atom. The predicted molar refractivity (Wildman–Crippen MR) is 486 cm³/mol. The molecule has 632 valence electrons. The second kappa shape index (κ2) is 68.4. The van der Waals surface area contributed by atoms with E-state index in [2.05, 4.69) is 152 Å². The Morgan fingerprint density at radius 1 is 0.190 bits per heavy atom. The molecule has 0 radical (unpaired) electrons. The highest BCUT2D eigenvalue weighted by molar-refractivity contribution is 5.21. The summed E-state index contributed by atoms with van der Waals surface area (Å²) in [6, 6.07) is 0. The van der Waals surface area contributed by atoms with E-state index < -0.39 is 0 Å². The van der Waals surface area contributed by atoms with Crippen molar-refractivity contribution < 1.29 is 0 Å². The van der Waals surface area contributed by atoms with Gasteiger partial charge in [-0.25, -0.2) is 0 Å². The SMILES string of the molecule is CCCCCC(CCC)CC(CCCC(CC)CCC)C(CCC)(CCC(CCC)CCC)C(CC(CCC)CCCC)(CC(CCC)CCCCC)C(CC(CCC)CCCCC)(C(CCC)CCCCC)C(CCCCCC(C)CC)(CC(CCC)CCCCC)C(C)CC(CCC)CCCCC. The minimum atomic E-state index is 0.187. The first-order valence-electron chi connectivity index (χ1n) is 51.0. The van der Waals surface area contributed by atoms with E-state index in [1.807, 2.05) is 0 Å². The summed E-state index contributed by atoms with van der Waals surface area (Å²) in [5.41, 5.74) is 0.843. The number of unbranched alkanes of at least 4 members (excludes halogenated alkanes) is 15. The summed E-state index contributed by atoms with van der Waals surface area (Å²) in [6.07, 6.45) is 96.7. The molecule has 0 bridgehead atoms. The predicted octanol–water partition coefficient (Wildman–Crippen LogP) is 38.9. The summed E-state index contributed by atoms with van der Waals surface area (Å²) < 4.78 is 0. The summed E-state index contributed by atoms with van der Waals surface area (Å²) >= 11 is 0. The van der Waals surface area contributed by atoms with Gasteiger partial charge in [0.2, 0.25) is 0 Å². The van der Waals surface area contributed by atoms with Gasteiger partial charge in [-0.05, 0) is 170 Å². The van der Waals surface area contributed by atoms with Gasteiger partial charge < -0.3 is 0 Å². The fourth-order valence-electron chi connectivity index (χ4n) is 24.9. The molecule has 15 unspecified atom stereocenters. The van der Waals surface area contributed by atoms with E-state index in [4.69, 9.17) is 0 Å². The summed E-state index contributed by atoms with van der Waals surface area (Å²) in [6.45, 7) is 58.3. The fraction of sp³-hybridized carbons (Fsp3) is 1.00. The molecule has 0 saturated heterocycles. The summed E-state index contributed by atoms with van der Waals surface area (Å²) in [4.78, 5) is 0. The molecule has 105 heavy (non-hydrogen) atoms. The Morgan fingerprint density at radius 2 is 0.543 bits per heavy atom. The van der Waals surface area contributed by atoms with Crippen LogP contribution in [0.1, 0.15) is 583 Å². The molecule has 0 fully saturated rings. The van der Waals surface area contributed by atoms with Crippen molar-refractivity contribution in [1.82, 2.24) is 0 Å². The lowest BCUT2D eigenvalue weighted by Crippen LogP contribution is -2.68. The largest absolute Gasteiger partial charge is 0.0654 e. The fourth-order valence-corrected chi connectivity index (χ4v) is 24.9. The van der Waals surface area contributed by atoms with Gasteiger partial charge in [-0.2, -0.15) is 0 Å². The van der Waals surface area contributed by atoms with Crippen LogP contribution in [0, 0.1) is 92.7 Å². The van der Waals surface area contributed by atoms with Crippen LogP contribution in [-0.4, -0.2) is 0 Å². The molecule has 0 aromatic carbocycles. The Hall–Kier alpha value is 0. The average molecular weight is 1470 g/mol. The highest BCUT2D eigenvalue weighted by Crippen LogP contribution is 2.80. The minimum absolute atomic E-state index is 0.187. The zero-order valence-corrected chi connectivity index (χ0v) is 78.3. The van der Waals surface area contributed by atoms with Gasteiger partial charge in [-0.15, -0.1) is 0 Å². The molecule has 0 heteroatoms. The molecule has 0 spiro atoms. The summed E-state index contributed by atoms with van der Waals surface area (Å²) in [5.74, 6) is 9.64. The van der Waals surface area contributed by atoms with Crippen molar-refractivity contribution >= 4 is 0 Å². The van der Waals surface area contributed by atoms with E-state index >= 15 is 0 Å². The van der Waals surface area contributed by atoms with Crippen molar-refractivity contribution in [3.63, 3.8) is 0 Å². The van der Waals surface area contributed by atoms with Crippen LogP contribution in [0.2, 0.25) is 0 Å². The first-order valence-corrected chi connectivity index (χ1v) is 51.0. The molecular weight excluding hydrogens is 1260 g/mol. The Labute approximate surface area is 671 Å². The highest BCUT2D eigenvalue weighted by atomic mass is 14.8. The van der Waals surface area contributed by atoms with Gasteiger partial charge in [0.05, 0.1) is 0 Å². The van der Waals surface area contributed by atoms with Gasteiger partial charge in [0.25, 0.3) is 0 Å². The van der Waals surface area contributed by atoms with E-state index in [0.717, 1.165) is 65.1 Å². The third-order valence-electron chi connectivity index (χ3n) is 30.0. The Balaban J connectivity index is 12.9. The van der Waals surface area contributed by atoms with Gasteiger partial charge in [-0.3, -0.25) is 0 Å². The van der Waals surface area contributed by atoms with Crippen LogP contribution >= 0.6 is 0 Å². The van der Waals surface area contributed by atoms with Crippen molar-refractivity contribution in [2.24, 2.45) is 92.7 Å². The van der Waals surface area contributed by atoms with Gasteiger partial charge in [0, 0.05) is 0 Å². The van der Waals surface area contributed by atoms with Crippen LogP contribution in [0.25, 0.3) is 0 Å². The van der Waals surface area contributed by atoms with E-state index in [1.165, 1.54) is 392 Å². The molecule has 0 rings (SSSR count). The van der Waals surface area contributed by atoms with Crippen molar-refractivity contribution in [2.45, 2.75) is 583 Å². The van der Waals surface area contributed by atoms with Gasteiger partial charge in [0.15, 0.2) is 0 Å². The standard InChI is InChI=1S/C105H212/c1-23-43-51-72-94(63-33-11)84-91(22)103(82-58-50-57-70-90(21)41-19,86-96(65-35-13)74-53-45-25-3)105(100(69-39-17)78-56-48-28-6,89-99(68-38-16)76-55-47-27-5)104(87-97(66-36-14)71-49-29-7,88-98(67-37-15)75-54-46-26-4)102(81-40-18,83-80-93(61-31-9)62-32-10)101(79-59-77-92(42-20)60-30-8)85-95(64-34-12)73-52-44-24-2/h90-101H,23-89H2,1-22H3. The number of hydrogen-bond acceptors (Lipinski definition) is 0. The van der Waals surface area contributed by atoms with Crippen LogP contribution in [0.3, 0.4) is 0 Å². The smallest absolute Gasteiger partial charge is 0.0145 e. The molecule has 15 atom stereocenters. The number of rotatable bonds is 82. The topological polar surface area (TPSA) is 0 Å². The van der Waals surface area contributed by atoms with Crippen molar-refractivity contribution in [2.75, 3.05) is 0 Å². The maximum absolute atomic E-state index is 3.20. The van der Waals surface area contributed by atoms with Crippen LogP contribution in [0.5, 0.6) is 0 Å². The van der Waals surface area contributed by atoms with E-state index in [0.29, 0.717) is 5.92 Å². The van der Waals surface area contributed by atoms with Gasteiger partial charge >= 0.3 is 0 Å². The van der Waals surface area contributed by atoms with Crippen molar-refractivity contribution in [1.29, 1.82) is 0 Å². The van der Waals surface area contributed by atoms with E-state index in [9.17, 15) is 0 Å². The minimum Gasteiger partial charge on any atom is -0.0654 e. The zero-order chi connectivity index (χ0) is 78.3. The van der Waals surface area contributed by atoms with Crippen LogP contribution in [0.15, 0.2) is 0 Å². The molecule has 0 saturated carbocycles. The monoisotopic (exact) mass is 1470 g/mol. The zero-order valence-electron chi connectivity index (χ0n) is 78.3. The van der Waals surface area contributed by atoms with Crippen molar-refractivity contribution in [3.05, 3.63) is 0 Å². The van der Waals surface area contributed by atoms with E-state index in [1.54, 1.807) is 38.5 Å². The second-order valence-corrected chi connectivity index (χ2v) is 38.6. The highest BCUT2D eigenvalue weighted by Gasteiger charge is 2.72. The molecule has 0 nitrogen and oxygen atoms in total. The third kappa shape index (κ3) is 39.3. The maximum Gasteiger partial charge on any atom is -0.0145 e. The van der Waals surface area contributed by atoms with Gasteiger partial charge in [-0.1, -0.05) is 505 Å². The average Bonchev–Trinajstić information content (AvgIpc) is 0.672. The Bertz CT molecular complexity index is 1770. The molecule has 0 aliphatic carbocycles. The van der Waals surface area contributed by atoms with E-state index in [-0.39, 0.29) is 21.7 Å². The lowest BCUT2D eigenvalue weighted by atomic mass is 9.29. The maximum atomic E-state index is 3.20. The normalized spacial score (nSPS) is 17.9. The third-order valence-corrected chi connectivity index (χ3v) is 30.0. The first-order chi connectivity index (χ1) is 51.0. The lowest BCUT2D eigenvalue weighted by Gasteiger charge is -2.75. The second-order valence-electron chi connectivity index (χ2n) is 38.6. The van der Waals surface area contributed by atoms with Crippen LogP contribution in [-0.2, 0) is 0 Å².